The van der Waals surface area contributed by atoms with Gasteiger partial charge in [-0.3, -0.25) is 4.79 Å². The van der Waals surface area contributed by atoms with E-state index in [9.17, 15) is 4.79 Å². The van der Waals surface area contributed by atoms with E-state index in [1.807, 2.05) is 10.6 Å². The van der Waals surface area contributed by atoms with Gasteiger partial charge in [-0.1, -0.05) is 25.5 Å². The smallest absolute Gasteiger partial charge is 0.274 e. The minimum atomic E-state index is -0.0660. The Bertz CT molecular complexity index is 731. The molecule has 0 saturated heterocycles. The monoisotopic (exact) mass is 296 g/mol. The van der Waals surface area contributed by atoms with Crippen LogP contribution in [-0.2, 0) is 19.4 Å². The lowest BCUT2D eigenvalue weighted by Crippen LogP contribution is -2.24. The number of anilines is 1. The van der Waals surface area contributed by atoms with Crippen LogP contribution in [0.25, 0.3) is 11.3 Å². The van der Waals surface area contributed by atoms with Crippen LogP contribution in [0.4, 0.5) is 5.69 Å². The first-order valence-electron chi connectivity index (χ1n) is 8.32. The lowest BCUT2D eigenvalue weighted by molar-refractivity contribution is 0.620. The number of unbranched alkanes of at least 4 members (excludes halogenated alkanes) is 1. The molecule has 0 radical (unpaired) electrons. The van der Waals surface area contributed by atoms with Gasteiger partial charge in [0.25, 0.3) is 5.56 Å². The molecule has 0 atom stereocenters. The first-order chi connectivity index (χ1) is 10.7. The van der Waals surface area contributed by atoms with E-state index in [1.54, 1.807) is 6.07 Å². The molecule has 0 unspecified atom stereocenters. The van der Waals surface area contributed by atoms with Crippen LogP contribution in [0.1, 0.15) is 43.7 Å². The summed E-state index contributed by atoms with van der Waals surface area (Å²) in [5.41, 5.74) is 11.1. The van der Waals surface area contributed by atoms with Crippen LogP contribution in [-0.4, -0.2) is 4.57 Å². The van der Waals surface area contributed by atoms with Crippen LogP contribution in [0.2, 0.25) is 0 Å². The number of nitrogen functional groups attached to an aromatic ring is 1. The summed E-state index contributed by atoms with van der Waals surface area (Å²) in [6, 6.07) is 10.4. The zero-order valence-corrected chi connectivity index (χ0v) is 13.3. The molecule has 3 rings (SSSR count). The van der Waals surface area contributed by atoms with Crippen molar-refractivity contribution in [3.05, 3.63) is 51.8 Å². The fourth-order valence-corrected chi connectivity index (χ4v) is 3.28. The van der Waals surface area contributed by atoms with Crippen molar-refractivity contribution in [2.24, 2.45) is 0 Å². The summed E-state index contributed by atoms with van der Waals surface area (Å²) in [5, 5.41) is 0. The largest absolute Gasteiger partial charge is 0.394 e. The summed E-state index contributed by atoms with van der Waals surface area (Å²) in [6.45, 7) is 2.86. The van der Waals surface area contributed by atoms with Crippen molar-refractivity contribution in [2.75, 3.05) is 5.73 Å². The summed E-state index contributed by atoms with van der Waals surface area (Å²) < 4.78 is 1.84. The highest BCUT2D eigenvalue weighted by molar-refractivity contribution is 5.63. The molecule has 1 aromatic heterocycles. The second-order valence-corrected chi connectivity index (χ2v) is 6.17. The van der Waals surface area contributed by atoms with Crippen LogP contribution >= 0.6 is 0 Å². The van der Waals surface area contributed by atoms with Gasteiger partial charge < -0.3 is 10.3 Å². The van der Waals surface area contributed by atoms with Crippen molar-refractivity contribution >= 4 is 5.69 Å². The van der Waals surface area contributed by atoms with E-state index in [2.05, 4.69) is 25.1 Å². The van der Waals surface area contributed by atoms with E-state index >= 15 is 0 Å². The van der Waals surface area contributed by atoms with Crippen LogP contribution in [0.15, 0.2) is 35.1 Å². The molecule has 0 saturated carbocycles. The number of pyridine rings is 1. The molecule has 0 bridgehead atoms. The molecule has 0 spiro atoms. The Hall–Kier alpha value is -2.03. The molecule has 1 aromatic carbocycles. The lowest BCUT2D eigenvalue weighted by atomic mass is 9.90. The zero-order valence-electron chi connectivity index (χ0n) is 13.3. The maximum atomic E-state index is 12.4. The topological polar surface area (TPSA) is 48.0 Å². The van der Waals surface area contributed by atoms with Crippen molar-refractivity contribution in [3.63, 3.8) is 0 Å². The van der Waals surface area contributed by atoms with E-state index in [0.717, 1.165) is 37.1 Å². The Morgan fingerprint density at radius 1 is 1.09 bits per heavy atom. The molecule has 3 nitrogen and oxygen atoms in total. The van der Waals surface area contributed by atoms with Crippen molar-refractivity contribution in [2.45, 2.75) is 52.0 Å². The standard InChI is InChI=1S/C19H24N2O/c1-2-3-12-21-18(11-10-17(20)19(21)22)16-9-8-14-6-4-5-7-15(14)13-16/h8-11,13H,2-7,12,20H2,1H3. The van der Waals surface area contributed by atoms with Crippen LogP contribution in [0.5, 0.6) is 0 Å². The number of hydrogen-bond donors (Lipinski definition) is 1. The van der Waals surface area contributed by atoms with Crippen LogP contribution < -0.4 is 11.3 Å². The fourth-order valence-electron chi connectivity index (χ4n) is 3.28. The van der Waals surface area contributed by atoms with E-state index in [0.29, 0.717) is 5.69 Å². The number of hydrogen-bond acceptors (Lipinski definition) is 2. The van der Waals surface area contributed by atoms with E-state index < -0.39 is 0 Å². The number of aryl methyl sites for hydroxylation is 2. The molecule has 22 heavy (non-hydrogen) atoms. The van der Waals surface area contributed by atoms with Crippen LogP contribution in [0, 0.1) is 0 Å². The predicted molar refractivity (Wildman–Crippen MR) is 92.1 cm³/mol. The molecular weight excluding hydrogens is 272 g/mol. The Labute approximate surface area is 131 Å². The average Bonchev–Trinajstić information content (AvgIpc) is 2.55. The Morgan fingerprint density at radius 3 is 2.64 bits per heavy atom. The number of nitrogens with two attached hydrogens (primary N) is 1. The molecule has 2 aromatic rings. The second kappa shape index (κ2) is 6.39. The molecule has 2 N–H and O–H groups in total. The lowest BCUT2D eigenvalue weighted by Gasteiger charge is -2.18. The first kappa shape index (κ1) is 14.9. The Morgan fingerprint density at radius 2 is 1.86 bits per heavy atom. The van der Waals surface area contributed by atoms with Gasteiger partial charge in [-0.25, -0.2) is 0 Å². The third-order valence-corrected chi connectivity index (χ3v) is 4.58. The summed E-state index contributed by atoms with van der Waals surface area (Å²) in [6.07, 6.45) is 6.93. The Kier molecular flexibility index (Phi) is 4.32. The quantitative estimate of drug-likeness (QED) is 0.933. The van der Waals surface area contributed by atoms with Gasteiger partial charge in [0, 0.05) is 6.54 Å². The van der Waals surface area contributed by atoms with Gasteiger partial charge in [0.05, 0.1) is 11.4 Å². The van der Waals surface area contributed by atoms with Crippen molar-refractivity contribution in [1.82, 2.24) is 4.57 Å². The molecule has 1 heterocycles. The average molecular weight is 296 g/mol. The third kappa shape index (κ3) is 2.80. The van der Waals surface area contributed by atoms with Gasteiger partial charge in [-0.05, 0) is 67.0 Å². The number of aromatic nitrogens is 1. The van der Waals surface area contributed by atoms with Gasteiger partial charge in [0.1, 0.15) is 0 Å². The van der Waals surface area contributed by atoms with Gasteiger partial charge in [0.2, 0.25) is 0 Å². The fraction of sp³-hybridized carbons (Fsp3) is 0.421. The number of rotatable bonds is 4. The molecule has 1 aliphatic rings. The Balaban J connectivity index is 2.07. The highest BCUT2D eigenvalue weighted by Gasteiger charge is 2.13. The van der Waals surface area contributed by atoms with Gasteiger partial charge >= 0.3 is 0 Å². The predicted octanol–water partition coefficient (Wildman–Crippen LogP) is 3.78. The van der Waals surface area contributed by atoms with Crippen molar-refractivity contribution in [1.29, 1.82) is 0 Å². The number of fused-ring (bicyclic) bond motifs is 1. The minimum absolute atomic E-state index is 0.0660. The summed E-state index contributed by atoms with van der Waals surface area (Å²) in [7, 11) is 0. The molecule has 0 amide bonds. The van der Waals surface area contributed by atoms with Gasteiger partial charge in [-0.2, -0.15) is 0 Å². The molecule has 0 aliphatic heterocycles. The van der Waals surface area contributed by atoms with E-state index in [1.165, 1.54) is 30.4 Å². The summed E-state index contributed by atoms with van der Waals surface area (Å²) in [4.78, 5) is 12.4. The molecule has 0 fully saturated rings. The highest BCUT2D eigenvalue weighted by atomic mass is 16.1. The van der Waals surface area contributed by atoms with E-state index in [-0.39, 0.29) is 5.56 Å². The molecule has 116 valence electrons. The zero-order chi connectivity index (χ0) is 15.5. The minimum Gasteiger partial charge on any atom is -0.394 e. The molecular formula is C19H24N2O. The van der Waals surface area contributed by atoms with Crippen molar-refractivity contribution in [3.8, 4) is 11.3 Å². The van der Waals surface area contributed by atoms with Crippen LogP contribution in [0.3, 0.4) is 0 Å². The second-order valence-electron chi connectivity index (χ2n) is 6.17. The van der Waals surface area contributed by atoms with Gasteiger partial charge in [-0.15, -0.1) is 0 Å². The molecule has 1 aliphatic carbocycles. The van der Waals surface area contributed by atoms with Crippen molar-refractivity contribution < 1.29 is 0 Å². The first-order valence-corrected chi connectivity index (χ1v) is 8.32. The maximum Gasteiger partial charge on any atom is 0.274 e. The van der Waals surface area contributed by atoms with Gasteiger partial charge in [0.15, 0.2) is 0 Å². The molecule has 3 heteroatoms. The number of benzene rings is 1. The maximum absolute atomic E-state index is 12.4. The SMILES string of the molecule is CCCCn1c(-c2ccc3c(c2)CCCC3)ccc(N)c1=O. The van der Waals surface area contributed by atoms with E-state index in [4.69, 9.17) is 5.73 Å². The normalized spacial score (nSPS) is 13.9. The third-order valence-electron chi connectivity index (χ3n) is 4.58. The summed E-state index contributed by atoms with van der Waals surface area (Å²) in [5.74, 6) is 0. The number of nitrogens with zero attached hydrogens (tertiary/aromatic N) is 1. The highest BCUT2D eigenvalue weighted by Crippen LogP contribution is 2.27. The summed E-state index contributed by atoms with van der Waals surface area (Å²) >= 11 is 0.